The van der Waals surface area contributed by atoms with Gasteiger partial charge in [-0.1, -0.05) is 12.5 Å². The third-order valence-electron chi connectivity index (χ3n) is 4.11. The minimum absolute atomic E-state index is 0. The zero-order valence-electron chi connectivity index (χ0n) is 13.3. The van der Waals surface area contributed by atoms with Gasteiger partial charge in [0.25, 0.3) is 5.91 Å². The second-order valence-electron chi connectivity index (χ2n) is 5.75. The van der Waals surface area contributed by atoms with Crippen molar-refractivity contribution in [2.75, 3.05) is 18.4 Å². The summed E-state index contributed by atoms with van der Waals surface area (Å²) < 4.78 is 0. The first-order valence-electron chi connectivity index (χ1n) is 7.68. The summed E-state index contributed by atoms with van der Waals surface area (Å²) in [7, 11) is 0. The largest absolute Gasteiger partial charge is 0.368 e. The number of amides is 3. The number of hydrogen-bond acceptors (Lipinski definition) is 4. The summed E-state index contributed by atoms with van der Waals surface area (Å²) in [6.07, 6.45) is 2.83. The maximum absolute atomic E-state index is 12.4. The number of anilines is 1. The van der Waals surface area contributed by atoms with Gasteiger partial charge in [-0.15, -0.1) is 12.4 Å². The zero-order valence-corrected chi connectivity index (χ0v) is 14.1. The fourth-order valence-electron chi connectivity index (χ4n) is 2.91. The normalized spacial score (nSPS) is 19.2. The summed E-state index contributed by atoms with van der Waals surface area (Å²) >= 11 is 0. The number of nitrogens with one attached hydrogen (secondary N) is 2. The van der Waals surface area contributed by atoms with Crippen molar-refractivity contribution in [1.29, 1.82) is 0 Å². The zero-order chi connectivity index (χ0) is 16.8. The Bertz CT molecular complexity index is 609. The maximum atomic E-state index is 12.4. The highest BCUT2D eigenvalue weighted by atomic mass is 35.5. The molecule has 132 valence electrons. The van der Waals surface area contributed by atoms with Crippen molar-refractivity contribution < 1.29 is 14.4 Å². The number of carbonyl (C=O) groups excluding carboxylic acids is 3. The SMILES string of the molecule is Cl.NC[C@H]1CCC[C@H]1C(=O)Nc1cccc(C(=O)NCC(N)=O)c1. The molecule has 0 unspecified atom stereocenters. The molecule has 0 bridgehead atoms. The molecule has 1 aromatic carbocycles. The molecule has 1 aliphatic rings. The molecule has 6 N–H and O–H groups in total. The van der Waals surface area contributed by atoms with E-state index in [4.69, 9.17) is 11.5 Å². The number of rotatable bonds is 6. The molecule has 3 amide bonds. The summed E-state index contributed by atoms with van der Waals surface area (Å²) in [4.78, 5) is 34.9. The van der Waals surface area contributed by atoms with E-state index in [0.29, 0.717) is 17.8 Å². The van der Waals surface area contributed by atoms with Crippen molar-refractivity contribution in [3.8, 4) is 0 Å². The van der Waals surface area contributed by atoms with Crippen LogP contribution in [0.15, 0.2) is 24.3 Å². The summed E-state index contributed by atoms with van der Waals surface area (Å²) in [5.41, 5.74) is 11.6. The number of primary amides is 1. The van der Waals surface area contributed by atoms with E-state index in [9.17, 15) is 14.4 Å². The molecule has 2 rings (SSSR count). The van der Waals surface area contributed by atoms with Gasteiger partial charge >= 0.3 is 0 Å². The van der Waals surface area contributed by atoms with Gasteiger partial charge in [0.15, 0.2) is 0 Å². The van der Waals surface area contributed by atoms with Crippen molar-refractivity contribution in [1.82, 2.24) is 5.32 Å². The van der Waals surface area contributed by atoms with E-state index in [1.54, 1.807) is 24.3 Å². The Labute approximate surface area is 146 Å². The Morgan fingerprint density at radius 3 is 2.62 bits per heavy atom. The van der Waals surface area contributed by atoms with E-state index in [-0.39, 0.29) is 36.7 Å². The van der Waals surface area contributed by atoms with Gasteiger partial charge in [0.05, 0.1) is 6.54 Å². The summed E-state index contributed by atoms with van der Waals surface area (Å²) in [6.45, 7) is 0.281. The van der Waals surface area contributed by atoms with Crippen LogP contribution in [0.1, 0.15) is 29.6 Å². The van der Waals surface area contributed by atoms with Crippen LogP contribution in [0, 0.1) is 11.8 Å². The smallest absolute Gasteiger partial charge is 0.251 e. The molecule has 0 aliphatic heterocycles. The second-order valence-corrected chi connectivity index (χ2v) is 5.75. The van der Waals surface area contributed by atoms with Crippen LogP contribution in [0.5, 0.6) is 0 Å². The van der Waals surface area contributed by atoms with Crippen molar-refractivity contribution >= 4 is 35.8 Å². The molecule has 24 heavy (non-hydrogen) atoms. The van der Waals surface area contributed by atoms with E-state index in [1.165, 1.54) is 0 Å². The van der Waals surface area contributed by atoms with Crippen molar-refractivity contribution in [3.05, 3.63) is 29.8 Å². The highest BCUT2D eigenvalue weighted by Gasteiger charge is 2.31. The van der Waals surface area contributed by atoms with E-state index >= 15 is 0 Å². The van der Waals surface area contributed by atoms with Crippen LogP contribution in [-0.2, 0) is 9.59 Å². The fourth-order valence-corrected chi connectivity index (χ4v) is 2.91. The van der Waals surface area contributed by atoms with E-state index in [2.05, 4.69) is 10.6 Å². The van der Waals surface area contributed by atoms with Gasteiger partial charge in [-0.2, -0.15) is 0 Å². The van der Waals surface area contributed by atoms with Crippen LogP contribution in [0.25, 0.3) is 0 Å². The second kappa shape index (κ2) is 9.24. The van der Waals surface area contributed by atoms with Crippen molar-refractivity contribution in [2.45, 2.75) is 19.3 Å². The number of carbonyl (C=O) groups is 3. The average molecular weight is 355 g/mol. The Morgan fingerprint density at radius 2 is 1.96 bits per heavy atom. The molecular formula is C16H23ClN4O3. The molecular weight excluding hydrogens is 332 g/mol. The molecule has 7 nitrogen and oxygen atoms in total. The van der Waals surface area contributed by atoms with Crippen LogP contribution in [-0.4, -0.2) is 30.8 Å². The molecule has 0 saturated heterocycles. The van der Waals surface area contributed by atoms with Gasteiger partial charge in [-0.05, 0) is 43.5 Å². The molecule has 0 aromatic heterocycles. The van der Waals surface area contributed by atoms with Crippen LogP contribution in [0.3, 0.4) is 0 Å². The lowest BCUT2D eigenvalue weighted by Gasteiger charge is -2.17. The highest BCUT2D eigenvalue weighted by Crippen LogP contribution is 2.31. The molecule has 0 radical (unpaired) electrons. The predicted molar refractivity (Wildman–Crippen MR) is 93.7 cm³/mol. The first-order chi connectivity index (χ1) is 11.0. The third kappa shape index (κ3) is 5.21. The lowest BCUT2D eigenvalue weighted by molar-refractivity contribution is -0.120. The lowest BCUT2D eigenvalue weighted by Crippen LogP contribution is -2.33. The Hall–Kier alpha value is -2.12. The topological polar surface area (TPSA) is 127 Å². The van der Waals surface area contributed by atoms with Crippen LogP contribution < -0.4 is 22.1 Å². The fraction of sp³-hybridized carbons (Fsp3) is 0.438. The average Bonchev–Trinajstić information content (AvgIpc) is 3.01. The van der Waals surface area contributed by atoms with Crippen LogP contribution in [0.2, 0.25) is 0 Å². The molecule has 1 fully saturated rings. The van der Waals surface area contributed by atoms with Crippen LogP contribution in [0.4, 0.5) is 5.69 Å². The minimum atomic E-state index is -0.614. The van der Waals surface area contributed by atoms with E-state index in [0.717, 1.165) is 19.3 Å². The summed E-state index contributed by atoms with van der Waals surface area (Å²) in [5.74, 6) is -0.950. The van der Waals surface area contributed by atoms with Gasteiger partial charge in [-0.3, -0.25) is 14.4 Å². The molecule has 1 aromatic rings. The first-order valence-corrected chi connectivity index (χ1v) is 7.68. The van der Waals surface area contributed by atoms with E-state index < -0.39 is 11.8 Å². The number of benzene rings is 1. The summed E-state index contributed by atoms with van der Waals surface area (Å²) in [5, 5.41) is 5.25. The van der Waals surface area contributed by atoms with Gasteiger partial charge in [-0.25, -0.2) is 0 Å². The number of hydrogen-bond donors (Lipinski definition) is 4. The Kier molecular flexibility index (Phi) is 7.67. The van der Waals surface area contributed by atoms with Crippen LogP contribution >= 0.6 is 12.4 Å². The van der Waals surface area contributed by atoms with E-state index in [1.807, 2.05) is 0 Å². The molecule has 1 aliphatic carbocycles. The molecule has 2 atom stereocenters. The van der Waals surface area contributed by atoms with Gasteiger partial charge < -0.3 is 22.1 Å². The standard InChI is InChI=1S/C16H22N4O3.ClH/c17-8-11-4-2-6-13(11)16(23)20-12-5-1-3-10(7-12)15(22)19-9-14(18)21;/h1,3,5,7,11,13H,2,4,6,8-9,17H2,(H2,18,21)(H,19,22)(H,20,23);1H/t11-,13-;/m1./s1. The van der Waals surface area contributed by atoms with Crippen molar-refractivity contribution in [2.24, 2.45) is 23.3 Å². The lowest BCUT2D eigenvalue weighted by atomic mass is 9.95. The van der Waals surface area contributed by atoms with Gasteiger partial charge in [0.1, 0.15) is 0 Å². The molecule has 0 heterocycles. The third-order valence-corrected chi connectivity index (χ3v) is 4.11. The Balaban J connectivity index is 0.00000288. The highest BCUT2D eigenvalue weighted by molar-refractivity contribution is 5.99. The van der Waals surface area contributed by atoms with Gasteiger partial charge in [0, 0.05) is 17.2 Å². The first kappa shape index (κ1) is 19.9. The quantitative estimate of drug-likeness (QED) is 0.597. The van der Waals surface area contributed by atoms with Gasteiger partial charge in [0.2, 0.25) is 11.8 Å². The Morgan fingerprint density at radius 1 is 1.21 bits per heavy atom. The monoisotopic (exact) mass is 354 g/mol. The molecule has 1 saturated carbocycles. The summed E-state index contributed by atoms with van der Waals surface area (Å²) in [6, 6.07) is 6.56. The number of halogens is 1. The minimum Gasteiger partial charge on any atom is -0.368 e. The molecule has 8 heteroatoms. The van der Waals surface area contributed by atoms with Crippen molar-refractivity contribution in [3.63, 3.8) is 0 Å². The predicted octanol–water partition coefficient (Wildman–Crippen LogP) is 0.637. The number of nitrogens with two attached hydrogens (primary N) is 2. The molecule has 0 spiro atoms. The maximum Gasteiger partial charge on any atom is 0.251 e.